The lowest BCUT2D eigenvalue weighted by Crippen LogP contribution is -2.65. The van der Waals surface area contributed by atoms with E-state index in [9.17, 15) is 39.5 Å². The van der Waals surface area contributed by atoms with E-state index in [-0.39, 0.29) is 6.92 Å². The molecule has 0 heterocycles. The van der Waals surface area contributed by atoms with Crippen molar-refractivity contribution in [1.82, 2.24) is 0 Å². The van der Waals surface area contributed by atoms with Crippen LogP contribution in [0.2, 0.25) is 0 Å². The predicted octanol–water partition coefficient (Wildman–Crippen LogP) is 2.84. The van der Waals surface area contributed by atoms with E-state index < -0.39 is 30.0 Å². The fraction of sp³-hybridized carbons (Fsp3) is 1.00. The Kier molecular flexibility index (Phi) is 3.52. The van der Waals surface area contributed by atoms with E-state index in [1.54, 1.807) is 0 Å². The molecule has 0 amide bonds. The first-order valence-electron chi connectivity index (χ1n) is 3.57. The fourth-order valence-electron chi connectivity index (χ4n) is 0.661. The van der Waals surface area contributed by atoms with Crippen LogP contribution in [0.5, 0.6) is 0 Å². The summed E-state index contributed by atoms with van der Waals surface area (Å²) >= 11 is 0. The van der Waals surface area contributed by atoms with Gasteiger partial charge in [-0.15, -0.1) is 0 Å². The van der Waals surface area contributed by atoms with Gasteiger partial charge in [0, 0.05) is 0 Å². The molecule has 0 radical (unpaired) electrons. The van der Waals surface area contributed by atoms with Crippen LogP contribution in [0.1, 0.15) is 6.92 Å². The summed E-state index contributed by atoms with van der Waals surface area (Å²) in [4.78, 5) is 0. The summed E-state index contributed by atoms with van der Waals surface area (Å²) < 4.78 is 108. The van der Waals surface area contributed by atoms with Crippen LogP contribution in [-0.2, 0) is 0 Å². The maximum absolute atomic E-state index is 12.5. The van der Waals surface area contributed by atoms with Gasteiger partial charge in [-0.3, -0.25) is 0 Å². The first kappa shape index (κ1) is 15.3. The highest BCUT2D eigenvalue weighted by atomic mass is 19.4. The SMILES string of the molecule is CC(F)C(F)(F)C(O)(F)C(F)(F)C(F)(F)F. The minimum Gasteiger partial charge on any atom is -0.352 e. The van der Waals surface area contributed by atoms with Gasteiger partial charge in [0.05, 0.1) is 0 Å². The van der Waals surface area contributed by atoms with Gasteiger partial charge >= 0.3 is 23.9 Å². The highest BCUT2D eigenvalue weighted by molar-refractivity contribution is 5.01. The highest BCUT2D eigenvalue weighted by Gasteiger charge is 2.81. The summed E-state index contributed by atoms with van der Waals surface area (Å²) in [6.45, 7) is -0.170. The molecular formula is C6H5F9O. The lowest BCUT2D eigenvalue weighted by Gasteiger charge is -2.35. The molecule has 0 aromatic carbocycles. The Morgan fingerprint density at radius 3 is 1.38 bits per heavy atom. The molecule has 0 spiro atoms. The number of halogens is 9. The summed E-state index contributed by atoms with van der Waals surface area (Å²) in [5, 5.41) is 7.95. The van der Waals surface area contributed by atoms with Crippen LogP contribution in [0, 0.1) is 0 Å². The molecule has 0 aliphatic carbocycles. The molecule has 0 saturated heterocycles. The van der Waals surface area contributed by atoms with E-state index in [4.69, 9.17) is 5.11 Å². The molecule has 16 heavy (non-hydrogen) atoms. The monoisotopic (exact) mass is 264 g/mol. The second-order valence-electron chi connectivity index (χ2n) is 2.93. The topological polar surface area (TPSA) is 20.2 Å². The van der Waals surface area contributed by atoms with Gasteiger partial charge in [0.1, 0.15) is 0 Å². The zero-order valence-corrected chi connectivity index (χ0v) is 7.43. The summed E-state index contributed by atoms with van der Waals surface area (Å²) in [6, 6.07) is 0. The highest BCUT2D eigenvalue weighted by Crippen LogP contribution is 2.51. The van der Waals surface area contributed by atoms with Gasteiger partial charge in [-0.05, 0) is 6.92 Å². The van der Waals surface area contributed by atoms with Crippen molar-refractivity contribution in [2.75, 3.05) is 0 Å². The van der Waals surface area contributed by atoms with Gasteiger partial charge in [0.15, 0.2) is 6.17 Å². The minimum atomic E-state index is -6.80. The number of hydrogen-bond acceptors (Lipinski definition) is 1. The fourth-order valence-corrected chi connectivity index (χ4v) is 0.661. The van der Waals surface area contributed by atoms with Gasteiger partial charge in [-0.25, -0.2) is 4.39 Å². The zero-order valence-electron chi connectivity index (χ0n) is 7.43. The van der Waals surface area contributed by atoms with E-state index in [0.717, 1.165) is 0 Å². The standard InChI is InChI=1S/C6H5F9O/c1-2(7)3(8,9)5(12,16)4(10,11)6(13,14)15/h2,16H,1H3. The number of alkyl halides is 9. The Bertz CT molecular complexity index is 253. The molecule has 1 N–H and O–H groups in total. The second kappa shape index (κ2) is 3.67. The van der Waals surface area contributed by atoms with Gasteiger partial charge in [-0.1, -0.05) is 0 Å². The quantitative estimate of drug-likeness (QED) is 0.777. The Labute approximate surface area is 82.8 Å². The molecule has 0 saturated carbocycles. The van der Waals surface area contributed by atoms with E-state index in [0.29, 0.717) is 0 Å². The molecule has 2 atom stereocenters. The van der Waals surface area contributed by atoms with Crippen molar-refractivity contribution >= 4 is 0 Å². The van der Waals surface area contributed by atoms with E-state index >= 15 is 0 Å². The van der Waals surface area contributed by atoms with E-state index in [2.05, 4.69) is 0 Å². The molecule has 0 aromatic heterocycles. The summed E-state index contributed by atoms with van der Waals surface area (Å²) in [5.74, 6) is -19.1. The van der Waals surface area contributed by atoms with Gasteiger partial charge in [0.2, 0.25) is 0 Å². The average molecular weight is 264 g/mol. The van der Waals surface area contributed by atoms with Crippen molar-refractivity contribution in [2.45, 2.75) is 37.0 Å². The number of aliphatic hydroxyl groups is 1. The van der Waals surface area contributed by atoms with Gasteiger partial charge < -0.3 is 5.11 Å². The molecule has 0 fully saturated rings. The maximum Gasteiger partial charge on any atom is 0.459 e. The molecule has 0 aliphatic heterocycles. The first-order valence-corrected chi connectivity index (χ1v) is 3.57. The molecule has 0 aliphatic rings. The minimum absolute atomic E-state index is 0.170. The summed E-state index contributed by atoms with van der Waals surface area (Å²) in [6.07, 6.45) is -10.5. The first-order chi connectivity index (χ1) is 6.69. The lowest BCUT2D eigenvalue weighted by molar-refractivity contribution is -0.424. The van der Waals surface area contributed by atoms with E-state index in [1.807, 2.05) is 0 Å². The van der Waals surface area contributed by atoms with Crippen LogP contribution in [0.15, 0.2) is 0 Å². The van der Waals surface area contributed by atoms with Gasteiger partial charge in [-0.2, -0.15) is 35.1 Å². The summed E-state index contributed by atoms with van der Waals surface area (Å²) in [7, 11) is 0. The number of hydrogen-bond donors (Lipinski definition) is 1. The molecule has 0 bridgehead atoms. The molecule has 10 heteroatoms. The third kappa shape index (κ3) is 1.94. The number of rotatable bonds is 3. The Morgan fingerprint density at radius 2 is 1.19 bits per heavy atom. The molecule has 0 aromatic rings. The van der Waals surface area contributed by atoms with Crippen molar-refractivity contribution in [3.8, 4) is 0 Å². The largest absolute Gasteiger partial charge is 0.459 e. The molecular weight excluding hydrogens is 259 g/mol. The van der Waals surface area contributed by atoms with Crippen molar-refractivity contribution in [2.24, 2.45) is 0 Å². The van der Waals surface area contributed by atoms with Crippen LogP contribution in [-0.4, -0.2) is 35.2 Å². The van der Waals surface area contributed by atoms with Crippen LogP contribution >= 0.6 is 0 Å². The summed E-state index contributed by atoms with van der Waals surface area (Å²) in [5.41, 5.74) is 0. The van der Waals surface area contributed by atoms with Crippen molar-refractivity contribution in [1.29, 1.82) is 0 Å². The normalized spacial score (nSPS) is 20.4. The Balaban J connectivity index is 5.53. The van der Waals surface area contributed by atoms with Crippen molar-refractivity contribution < 1.29 is 44.6 Å². The predicted molar refractivity (Wildman–Crippen MR) is 32.6 cm³/mol. The maximum atomic E-state index is 12.5. The Hall–Kier alpha value is -0.670. The molecule has 98 valence electrons. The zero-order chi connectivity index (χ0) is 13.6. The van der Waals surface area contributed by atoms with E-state index in [1.165, 1.54) is 0 Å². The third-order valence-electron chi connectivity index (χ3n) is 1.71. The Morgan fingerprint density at radius 1 is 0.875 bits per heavy atom. The molecule has 0 rings (SSSR count). The smallest absolute Gasteiger partial charge is 0.352 e. The van der Waals surface area contributed by atoms with Crippen LogP contribution in [0.3, 0.4) is 0 Å². The van der Waals surface area contributed by atoms with Crippen LogP contribution in [0.25, 0.3) is 0 Å². The lowest BCUT2D eigenvalue weighted by atomic mass is 9.99. The van der Waals surface area contributed by atoms with Crippen LogP contribution < -0.4 is 0 Å². The van der Waals surface area contributed by atoms with Gasteiger partial charge in [0.25, 0.3) is 0 Å². The van der Waals surface area contributed by atoms with Crippen molar-refractivity contribution in [3.63, 3.8) is 0 Å². The average Bonchev–Trinajstić information content (AvgIpc) is 2.00. The second-order valence-corrected chi connectivity index (χ2v) is 2.93. The van der Waals surface area contributed by atoms with Crippen LogP contribution in [0.4, 0.5) is 39.5 Å². The molecule has 2 unspecified atom stereocenters. The molecule has 1 nitrogen and oxygen atoms in total. The van der Waals surface area contributed by atoms with Crippen molar-refractivity contribution in [3.05, 3.63) is 0 Å². The third-order valence-corrected chi connectivity index (χ3v) is 1.71.